The highest BCUT2D eigenvalue weighted by Gasteiger charge is 2.05. The number of carbonyl (C=O) groups is 1. The fraction of sp³-hybridized carbons (Fsp3) is 0.385. The number of hydrogen-bond donors (Lipinski definition) is 2. The normalized spacial score (nSPS) is 9.83. The minimum Gasteiger partial charge on any atom is -0.494 e. The fourth-order valence-corrected chi connectivity index (χ4v) is 1.38. The molecule has 0 saturated heterocycles. The molecule has 0 unspecified atom stereocenters. The standard InChI is InChI=1S/C13H18N2O2S/c1-2-3-8-17-11-6-4-10(5-7-11)13(16)15-9-12(14)18/h4-7H,2-3,8-9H2,1H3,(H2,14,18)(H,15,16). The first-order chi connectivity index (χ1) is 8.63. The first-order valence-electron chi connectivity index (χ1n) is 5.93. The summed E-state index contributed by atoms with van der Waals surface area (Å²) in [6.07, 6.45) is 2.12. The fourth-order valence-electron chi connectivity index (χ4n) is 1.31. The van der Waals surface area contributed by atoms with E-state index < -0.39 is 0 Å². The van der Waals surface area contributed by atoms with E-state index in [1.54, 1.807) is 24.3 Å². The average Bonchev–Trinajstić information content (AvgIpc) is 2.37. The van der Waals surface area contributed by atoms with Gasteiger partial charge >= 0.3 is 0 Å². The molecular weight excluding hydrogens is 248 g/mol. The van der Waals surface area contributed by atoms with Crippen molar-refractivity contribution in [3.8, 4) is 5.75 Å². The second kappa shape index (κ2) is 7.66. The number of amides is 1. The molecule has 1 aromatic carbocycles. The molecule has 18 heavy (non-hydrogen) atoms. The van der Waals surface area contributed by atoms with Crippen molar-refractivity contribution in [3.05, 3.63) is 29.8 Å². The Morgan fingerprint density at radius 3 is 2.61 bits per heavy atom. The van der Waals surface area contributed by atoms with Gasteiger partial charge in [-0.2, -0.15) is 0 Å². The smallest absolute Gasteiger partial charge is 0.251 e. The molecule has 0 atom stereocenters. The van der Waals surface area contributed by atoms with Crippen molar-refractivity contribution in [3.63, 3.8) is 0 Å². The zero-order valence-electron chi connectivity index (χ0n) is 10.4. The molecule has 3 N–H and O–H groups in total. The molecule has 0 heterocycles. The molecule has 0 bridgehead atoms. The highest BCUT2D eigenvalue weighted by molar-refractivity contribution is 7.80. The third-order valence-corrected chi connectivity index (χ3v) is 2.45. The highest BCUT2D eigenvalue weighted by Crippen LogP contribution is 2.12. The third-order valence-electron chi connectivity index (χ3n) is 2.31. The lowest BCUT2D eigenvalue weighted by Gasteiger charge is -2.07. The molecule has 0 aliphatic rings. The Bertz CT molecular complexity index is 404. The second-order valence-electron chi connectivity index (χ2n) is 3.88. The van der Waals surface area contributed by atoms with Crippen LogP contribution in [0.3, 0.4) is 0 Å². The summed E-state index contributed by atoms with van der Waals surface area (Å²) < 4.78 is 5.51. The molecule has 98 valence electrons. The predicted octanol–water partition coefficient (Wildman–Crippen LogP) is 1.88. The number of rotatable bonds is 7. The number of hydrogen-bond acceptors (Lipinski definition) is 3. The number of nitrogens with one attached hydrogen (secondary N) is 1. The van der Waals surface area contributed by atoms with E-state index in [1.807, 2.05) is 0 Å². The molecule has 0 aliphatic carbocycles. The van der Waals surface area contributed by atoms with Crippen LogP contribution < -0.4 is 15.8 Å². The molecule has 0 saturated carbocycles. The molecule has 0 radical (unpaired) electrons. The Hall–Kier alpha value is -1.62. The van der Waals surface area contributed by atoms with Crippen LogP contribution in [0.4, 0.5) is 0 Å². The zero-order valence-corrected chi connectivity index (χ0v) is 11.3. The quantitative estimate of drug-likeness (QED) is 0.584. The Labute approximate surface area is 113 Å². The molecular formula is C13H18N2O2S. The molecule has 4 nitrogen and oxygen atoms in total. The van der Waals surface area contributed by atoms with Crippen LogP contribution in [0.2, 0.25) is 0 Å². The first kappa shape index (κ1) is 14.4. The van der Waals surface area contributed by atoms with Gasteiger partial charge in [0.15, 0.2) is 0 Å². The summed E-state index contributed by atoms with van der Waals surface area (Å²) in [6, 6.07) is 7.00. The number of ether oxygens (including phenoxy) is 1. The minimum absolute atomic E-state index is 0.192. The van der Waals surface area contributed by atoms with Gasteiger partial charge < -0.3 is 15.8 Å². The van der Waals surface area contributed by atoms with Crippen molar-refractivity contribution >= 4 is 23.1 Å². The van der Waals surface area contributed by atoms with Crippen LogP contribution in [0, 0.1) is 0 Å². The van der Waals surface area contributed by atoms with Crippen LogP contribution >= 0.6 is 12.2 Å². The largest absolute Gasteiger partial charge is 0.494 e. The SMILES string of the molecule is CCCCOc1ccc(C(=O)NCC(N)=S)cc1. The van der Waals surface area contributed by atoms with Crippen LogP contribution in [-0.2, 0) is 0 Å². The topological polar surface area (TPSA) is 64.3 Å². The Morgan fingerprint density at radius 2 is 2.06 bits per heavy atom. The van der Waals surface area contributed by atoms with Crippen molar-refractivity contribution in [2.24, 2.45) is 5.73 Å². The van der Waals surface area contributed by atoms with E-state index in [0.717, 1.165) is 18.6 Å². The van der Waals surface area contributed by atoms with Crippen molar-refractivity contribution in [2.45, 2.75) is 19.8 Å². The lowest BCUT2D eigenvalue weighted by molar-refractivity contribution is 0.0959. The van der Waals surface area contributed by atoms with Gasteiger partial charge in [0.2, 0.25) is 0 Å². The van der Waals surface area contributed by atoms with Crippen LogP contribution in [0.25, 0.3) is 0 Å². The van der Waals surface area contributed by atoms with Gasteiger partial charge in [-0.05, 0) is 30.7 Å². The van der Waals surface area contributed by atoms with Gasteiger partial charge in [0.25, 0.3) is 5.91 Å². The molecule has 0 spiro atoms. The summed E-state index contributed by atoms with van der Waals surface area (Å²) in [5.41, 5.74) is 5.87. The number of carbonyl (C=O) groups excluding carboxylic acids is 1. The molecule has 5 heteroatoms. The summed E-state index contributed by atoms with van der Waals surface area (Å²) >= 11 is 4.69. The van der Waals surface area contributed by atoms with Crippen LogP contribution in [0.1, 0.15) is 30.1 Å². The number of thiocarbonyl (C=S) groups is 1. The molecule has 0 aromatic heterocycles. The van der Waals surface area contributed by atoms with E-state index in [1.165, 1.54) is 0 Å². The van der Waals surface area contributed by atoms with E-state index in [2.05, 4.69) is 24.5 Å². The van der Waals surface area contributed by atoms with E-state index >= 15 is 0 Å². The number of nitrogens with two attached hydrogens (primary N) is 1. The van der Waals surface area contributed by atoms with Gasteiger partial charge in [-0.3, -0.25) is 4.79 Å². The molecule has 1 aromatic rings. The summed E-state index contributed by atoms with van der Waals surface area (Å²) in [5, 5.41) is 2.62. The second-order valence-corrected chi connectivity index (χ2v) is 4.40. The van der Waals surface area contributed by atoms with Gasteiger partial charge in [-0.25, -0.2) is 0 Å². The van der Waals surface area contributed by atoms with Gasteiger partial charge in [0.1, 0.15) is 5.75 Å². The lowest BCUT2D eigenvalue weighted by atomic mass is 10.2. The summed E-state index contributed by atoms with van der Waals surface area (Å²) in [5.74, 6) is 0.581. The monoisotopic (exact) mass is 266 g/mol. The zero-order chi connectivity index (χ0) is 13.4. The molecule has 0 fully saturated rings. The van der Waals surface area contributed by atoms with Crippen molar-refractivity contribution in [1.82, 2.24) is 5.32 Å². The Balaban J connectivity index is 2.48. The van der Waals surface area contributed by atoms with Gasteiger partial charge in [-0.15, -0.1) is 0 Å². The Kier molecular flexibility index (Phi) is 6.14. The van der Waals surface area contributed by atoms with Gasteiger partial charge in [0, 0.05) is 5.56 Å². The minimum atomic E-state index is -0.192. The lowest BCUT2D eigenvalue weighted by Crippen LogP contribution is -2.32. The maximum atomic E-state index is 11.7. The first-order valence-corrected chi connectivity index (χ1v) is 6.33. The van der Waals surface area contributed by atoms with Crippen LogP contribution in [0.5, 0.6) is 5.75 Å². The summed E-state index contributed by atoms with van der Waals surface area (Å²) in [4.78, 5) is 11.9. The Morgan fingerprint density at radius 1 is 1.39 bits per heavy atom. The average molecular weight is 266 g/mol. The van der Waals surface area contributed by atoms with Gasteiger partial charge in [0.05, 0.1) is 18.1 Å². The van der Waals surface area contributed by atoms with E-state index in [-0.39, 0.29) is 17.4 Å². The van der Waals surface area contributed by atoms with E-state index in [4.69, 9.17) is 10.5 Å². The van der Waals surface area contributed by atoms with E-state index in [0.29, 0.717) is 12.2 Å². The number of benzene rings is 1. The van der Waals surface area contributed by atoms with Crippen LogP contribution in [-0.4, -0.2) is 24.0 Å². The third kappa shape index (κ3) is 5.14. The maximum absolute atomic E-state index is 11.7. The number of unbranched alkanes of at least 4 members (excludes halogenated alkanes) is 1. The van der Waals surface area contributed by atoms with Crippen molar-refractivity contribution in [1.29, 1.82) is 0 Å². The highest BCUT2D eigenvalue weighted by atomic mass is 32.1. The van der Waals surface area contributed by atoms with Crippen LogP contribution in [0.15, 0.2) is 24.3 Å². The predicted molar refractivity (Wildman–Crippen MR) is 76.0 cm³/mol. The summed E-state index contributed by atoms with van der Waals surface area (Å²) in [6.45, 7) is 3.02. The van der Waals surface area contributed by atoms with Crippen molar-refractivity contribution < 1.29 is 9.53 Å². The van der Waals surface area contributed by atoms with Gasteiger partial charge in [-0.1, -0.05) is 25.6 Å². The molecule has 1 amide bonds. The van der Waals surface area contributed by atoms with Crippen molar-refractivity contribution in [2.75, 3.05) is 13.2 Å². The summed E-state index contributed by atoms with van der Waals surface area (Å²) in [7, 11) is 0. The molecule has 0 aliphatic heterocycles. The van der Waals surface area contributed by atoms with E-state index in [9.17, 15) is 4.79 Å². The molecule has 1 rings (SSSR count). The maximum Gasteiger partial charge on any atom is 0.251 e.